The zero-order valence-corrected chi connectivity index (χ0v) is 17.4. The Morgan fingerprint density at radius 2 is 2.10 bits per heavy atom. The number of fused-ring (bicyclic) bond motifs is 1. The molecule has 1 atom stereocenters. The largest absolute Gasteiger partial charge is 0.417 e. The monoisotopic (exact) mass is 453 g/mol. The minimum atomic E-state index is -4.43. The highest BCUT2D eigenvalue weighted by Crippen LogP contribution is 2.32. The van der Waals surface area contributed by atoms with Crippen LogP contribution in [-0.2, 0) is 15.7 Å². The van der Waals surface area contributed by atoms with Crippen molar-refractivity contribution in [2.24, 2.45) is 0 Å². The van der Waals surface area contributed by atoms with E-state index in [-0.39, 0.29) is 17.8 Å². The number of aromatic nitrogens is 2. The van der Waals surface area contributed by atoms with Gasteiger partial charge in [-0.2, -0.15) is 13.2 Å². The van der Waals surface area contributed by atoms with Gasteiger partial charge in [-0.15, -0.1) is 0 Å². The average Bonchev–Trinajstić information content (AvgIpc) is 3.39. The maximum atomic E-state index is 13.0. The number of thiazole rings is 1. The Bertz CT molecular complexity index is 985. The lowest BCUT2D eigenvalue weighted by atomic mass is 10.2. The Balaban J connectivity index is 1.49. The van der Waals surface area contributed by atoms with Crippen LogP contribution in [0.2, 0.25) is 0 Å². The summed E-state index contributed by atoms with van der Waals surface area (Å²) >= 11 is 2.53. The van der Waals surface area contributed by atoms with E-state index in [1.54, 1.807) is 4.90 Å². The Morgan fingerprint density at radius 3 is 2.77 bits per heavy atom. The van der Waals surface area contributed by atoms with Gasteiger partial charge in [-0.3, -0.25) is 9.69 Å². The molecule has 30 heavy (non-hydrogen) atoms. The lowest BCUT2D eigenvalue weighted by molar-refractivity contribution is -0.137. The molecule has 0 radical (unpaired) electrons. The van der Waals surface area contributed by atoms with Gasteiger partial charge in [-0.25, -0.2) is 9.97 Å². The van der Waals surface area contributed by atoms with Crippen molar-refractivity contribution in [2.45, 2.75) is 30.1 Å². The van der Waals surface area contributed by atoms with Crippen molar-refractivity contribution in [2.75, 3.05) is 23.8 Å². The van der Waals surface area contributed by atoms with Crippen LogP contribution < -0.4 is 4.90 Å². The molecule has 1 fully saturated rings. The summed E-state index contributed by atoms with van der Waals surface area (Å²) in [4.78, 5) is 23.0. The van der Waals surface area contributed by atoms with Crippen LogP contribution in [0.4, 0.5) is 18.3 Å². The molecular weight excluding hydrogens is 435 g/mol. The van der Waals surface area contributed by atoms with Crippen molar-refractivity contribution in [3.63, 3.8) is 0 Å². The number of carbonyl (C=O) groups is 1. The number of nitrogens with zero attached hydrogens (tertiary/aromatic N) is 3. The Labute approximate surface area is 179 Å². The molecule has 0 N–H and O–H groups in total. The highest BCUT2D eigenvalue weighted by atomic mass is 32.2. The standard InChI is InChI=1S/C20H18F3N3O2S2/c21-20(22,23)13-7-8-17(24-10-13)29-12-18(27)26(11-14-4-3-9-28-14)19-25-15-5-1-2-6-16(15)30-19/h1-2,5-8,10,14H,3-4,9,11-12H2. The first-order valence-electron chi connectivity index (χ1n) is 9.34. The molecule has 158 valence electrons. The molecule has 1 saturated heterocycles. The molecule has 3 aromatic rings. The van der Waals surface area contributed by atoms with Crippen LogP contribution in [0.3, 0.4) is 0 Å². The van der Waals surface area contributed by atoms with Gasteiger partial charge >= 0.3 is 6.18 Å². The Kier molecular flexibility index (Phi) is 6.26. The molecule has 5 nitrogen and oxygen atoms in total. The molecule has 4 rings (SSSR count). The van der Waals surface area contributed by atoms with E-state index in [0.717, 1.165) is 47.1 Å². The lowest BCUT2D eigenvalue weighted by Crippen LogP contribution is -2.38. The van der Waals surface area contributed by atoms with Crippen LogP contribution in [0.15, 0.2) is 47.6 Å². The van der Waals surface area contributed by atoms with Gasteiger partial charge in [-0.05, 0) is 37.1 Å². The molecule has 3 heterocycles. The molecule has 0 bridgehead atoms. The minimum Gasteiger partial charge on any atom is -0.376 e. The van der Waals surface area contributed by atoms with Crippen LogP contribution in [0.5, 0.6) is 0 Å². The number of benzene rings is 1. The van der Waals surface area contributed by atoms with E-state index in [1.807, 2.05) is 24.3 Å². The third-order valence-electron chi connectivity index (χ3n) is 4.63. The molecule has 1 aliphatic rings. The minimum absolute atomic E-state index is 0.0427. The van der Waals surface area contributed by atoms with E-state index >= 15 is 0 Å². The van der Waals surface area contributed by atoms with Gasteiger partial charge in [0.15, 0.2) is 5.13 Å². The van der Waals surface area contributed by atoms with E-state index < -0.39 is 11.7 Å². The fourth-order valence-corrected chi connectivity index (χ4v) is 4.81. The zero-order chi connectivity index (χ0) is 21.1. The predicted molar refractivity (Wildman–Crippen MR) is 111 cm³/mol. The van der Waals surface area contributed by atoms with Crippen molar-refractivity contribution in [1.82, 2.24) is 9.97 Å². The van der Waals surface area contributed by atoms with Gasteiger partial charge in [0.05, 0.1) is 39.2 Å². The first kappa shape index (κ1) is 21.1. The first-order chi connectivity index (χ1) is 14.4. The summed E-state index contributed by atoms with van der Waals surface area (Å²) in [6.07, 6.45) is -1.87. The van der Waals surface area contributed by atoms with Gasteiger partial charge in [0, 0.05) is 12.8 Å². The van der Waals surface area contributed by atoms with Gasteiger partial charge in [0.1, 0.15) is 0 Å². The molecule has 0 aliphatic carbocycles. The zero-order valence-electron chi connectivity index (χ0n) is 15.8. The Hall–Kier alpha value is -2.17. The Morgan fingerprint density at radius 1 is 1.27 bits per heavy atom. The van der Waals surface area contributed by atoms with Crippen LogP contribution in [0.25, 0.3) is 10.2 Å². The maximum absolute atomic E-state index is 13.0. The second-order valence-electron chi connectivity index (χ2n) is 6.78. The highest BCUT2D eigenvalue weighted by Gasteiger charge is 2.31. The number of carbonyl (C=O) groups excluding carboxylic acids is 1. The smallest absolute Gasteiger partial charge is 0.376 e. The number of hydrogen-bond acceptors (Lipinski definition) is 6. The molecular formula is C20H18F3N3O2S2. The van der Waals surface area contributed by atoms with E-state index in [0.29, 0.717) is 23.3 Å². The summed E-state index contributed by atoms with van der Waals surface area (Å²) in [5, 5.41) is 0.954. The molecule has 10 heteroatoms. The average molecular weight is 454 g/mol. The molecule has 1 unspecified atom stereocenters. The summed E-state index contributed by atoms with van der Waals surface area (Å²) < 4.78 is 44.7. The number of amides is 1. The van der Waals surface area contributed by atoms with Crippen molar-refractivity contribution in [1.29, 1.82) is 0 Å². The summed E-state index contributed by atoms with van der Waals surface area (Å²) in [5.41, 5.74) is 0.00682. The topological polar surface area (TPSA) is 55.3 Å². The molecule has 1 aromatic carbocycles. The second kappa shape index (κ2) is 8.91. The van der Waals surface area contributed by atoms with E-state index in [2.05, 4.69) is 9.97 Å². The van der Waals surface area contributed by atoms with E-state index in [1.165, 1.54) is 17.4 Å². The summed E-state index contributed by atoms with van der Waals surface area (Å²) in [5.74, 6) is -0.141. The third-order valence-corrected chi connectivity index (χ3v) is 6.62. The number of pyridine rings is 1. The molecule has 2 aromatic heterocycles. The molecule has 1 amide bonds. The number of thioether (sulfide) groups is 1. The number of rotatable bonds is 6. The van der Waals surface area contributed by atoms with Gasteiger partial charge in [0.25, 0.3) is 0 Å². The third kappa shape index (κ3) is 4.93. The fourth-order valence-electron chi connectivity index (χ4n) is 3.10. The van der Waals surface area contributed by atoms with Gasteiger partial charge in [0.2, 0.25) is 5.91 Å². The van der Waals surface area contributed by atoms with E-state index in [9.17, 15) is 18.0 Å². The number of alkyl halides is 3. The molecule has 1 aliphatic heterocycles. The fraction of sp³-hybridized carbons (Fsp3) is 0.350. The van der Waals surface area contributed by atoms with Crippen LogP contribution in [0.1, 0.15) is 18.4 Å². The first-order valence-corrected chi connectivity index (χ1v) is 11.1. The number of ether oxygens (including phenoxy) is 1. The maximum Gasteiger partial charge on any atom is 0.417 e. The summed E-state index contributed by atoms with van der Waals surface area (Å²) in [6.45, 7) is 1.08. The normalized spacial score (nSPS) is 16.8. The summed E-state index contributed by atoms with van der Waals surface area (Å²) in [6, 6.07) is 9.91. The van der Waals surface area contributed by atoms with Crippen LogP contribution >= 0.6 is 23.1 Å². The molecule has 0 spiro atoms. The summed E-state index contributed by atoms with van der Waals surface area (Å²) in [7, 11) is 0. The van der Waals surface area contributed by atoms with Crippen molar-refractivity contribution < 1.29 is 22.7 Å². The number of anilines is 1. The van der Waals surface area contributed by atoms with Crippen LogP contribution in [-0.4, -0.2) is 40.9 Å². The number of hydrogen-bond donors (Lipinski definition) is 0. The second-order valence-corrected chi connectivity index (χ2v) is 8.78. The number of halogens is 3. The quantitative estimate of drug-likeness (QED) is 0.491. The predicted octanol–water partition coefficient (Wildman–Crippen LogP) is 5.01. The van der Waals surface area contributed by atoms with Crippen LogP contribution in [0, 0.1) is 0 Å². The number of para-hydroxylation sites is 1. The SMILES string of the molecule is O=C(CSc1ccc(C(F)(F)F)cn1)N(CC1CCCO1)c1nc2ccccc2s1. The lowest BCUT2D eigenvalue weighted by Gasteiger charge is -2.22. The molecule has 0 saturated carbocycles. The van der Waals surface area contributed by atoms with Gasteiger partial charge < -0.3 is 4.74 Å². The van der Waals surface area contributed by atoms with E-state index in [4.69, 9.17) is 4.74 Å². The van der Waals surface area contributed by atoms with Gasteiger partial charge in [-0.1, -0.05) is 35.2 Å². The van der Waals surface area contributed by atoms with Crippen molar-refractivity contribution >= 4 is 44.4 Å². The van der Waals surface area contributed by atoms with Crippen molar-refractivity contribution in [3.05, 3.63) is 48.2 Å². The highest BCUT2D eigenvalue weighted by molar-refractivity contribution is 7.99. The van der Waals surface area contributed by atoms with Crippen molar-refractivity contribution in [3.8, 4) is 0 Å².